The molecule has 7 nitrogen and oxygen atoms in total. The number of aromatic nitrogens is 2. The summed E-state index contributed by atoms with van der Waals surface area (Å²) in [4.78, 5) is 17.5. The van der Waals surface area contributed by atoms with Gasteiger partial charge in [-0.25, -0.2) is 9.18 Å². The molecule has 8 heteroatoms. The number of amides is 1. The van der Waals surface area contributed by atoms with E-state index in [1.807, 2.05) is 0 Å². The minimum atomic E-state index is -0.555. The zero-order chi connectivity index (χ0) is 16.6. The average Bonchev–Trinajstić information content (AvgIpc) is 3.31. The molecule has 0 saturated carbocycles. The Morgan fingerprint density at radius 1 is 1.25 bits per heavy atom. The summed E-state index contributed by atoms with van der Waals surface area (Å²) in [7, 11) is 0. The van der Waals surface area contributed by atoms with Crippen molar-refractivity contribution in [3.05, 3.63) is 47.4 Å². The number of hydrogen-bond donors (Lipinski definition) is 0. The lowest BCUT2D eigenvalue weighted by atomic mass is 9.79. The lowest BCUT2D eigenvalue weighted by Crippen LogP contribution is -2.30. The molecular weight excluding hydrogens is 317 g/mol. The molecule has 4 rings (SSSR count). The van der Waals surface area contributed by atoms with Crippen molar-refractivity contribution in [3.8, 4) is 0 Å². The highest BCUT2D eigenvalue weighted by Gasteiger charge is 2.43. The normalized spacial score (nSPS) is 23.7. The van der Waals surface area contributed by atoms with Crippen molar-refractivity contribution >= 4 is 6.09 Å². The molecule has 126 valence electrons. The zero-order valence-electron chi connectivity index (χ0n) is 12.9. The molecule has 0 bridgehead atoms. The van der Waals surface area contributed by atoms with Crippen molar-refractivity contribution in [2.75, 3.05) is 26.4 Å². The van der Waals surface area contributed by atoms with E-state index in [9.17, 15) is 9.18 Å². The Morgan fingerprint density at radius 3 is 2.75 bits per heavy atom. The van der Waals surface area contributed by atoms with Crippen LogP contribution in [-0.4, -0.2) is 47.5 Å². The van der Waals surface area contributed by atoms with Gasteiger partial charge in [-0.05, 0) is 24.1 Å². The predicted molar refractivity (Wildman–Crippen MR) is 78.7 cm³/mol. The molecular formula is C16H16FN3O4. The molecule has 1 aromatic heterocycles. The van der Waals surface area contributed by atoms with Gasteiger partial charge in [-0.3, -0.25) is 4.90 Å². The molecule has 1 amide bonds. The summed E-state index contributed by atoms with van der Waals surface area (Å²) in [5, 5.41) is 4.10. The van der Waals surface area contributed by atoms with Gasteiger partial charge in [0.2, 0.25) is 5.89 Å². The standard InChI is InChI=1S/C16H16FN3O4/c17-12-3-1-11(2-4-12)16(5-7-22-10-16)14-18-13(24-19-14)9-20-6-8-23-15(20)21/h1-4H,5-10H2/t16-/m0/s1. The van der Waals surface area contributed by atoms with Gasteiger partial charge >= 0.3 is 6.09 Å². The van der Waals surface area contributed by atoms with E-state index in [2.05, 4.69) is 10.1 Å². The molecule has 0 spiro atoms. The average molecular weight is 333 g/mol. The quantitative estimate of drug-likeness (QED) is 0.850. The third-order valence-electron chi connectivity index (χ3n) is 4.49. The SMILES string of the molecule is O=C1OCCN1Cc1nc([C@@]2(c3ccc(F)cc3)CCOC2)no1. The number of carbonyl (C=O) groups excluding carboxylic acids is 1. The first-order chi connectivity index (χ1) is 11.7. The van der Waals surface area contributed by atoms with Crippen LogP contribution in [0.1, 0.15) is 23.7 Å². The van der Waals surface area contributed by atoms with Crippen LogP contribution in [-0.2, 0) is 21.4 Å². The van der Waals surface area contributed by atoms with Crippen LogP contribution < -0.4 is 0 Å². The zero-order valence-corrected chi connectivity index (χ0v) is 12.9. The van der Waals surface area contributed by atoms with Crippen LogP contribution >= 0.6 is 0 Å². The Labute approximate surface area is 137 Å². The number of carbonyl (C=O) groups is 1. The molecule has 0 N–H and O–H groups in total. The fraction of sp³-hybridized carbons (Fsp3) is 0.438. The van der Waals surface area contributed by atoms with E-state index in [4.69, 9.17) is 14.0 Å². The number of hydrogen-bond acceptors (Lipinski definition) is 6. The largest absolute Gasteiger partial charge is 0.448 e. The first-order valence-electron chi connectivity index (χ1n) is 7.76. The number of rotatable bonds is 4. The Hall–Kier alpha value is -2.48. The number of ether oxygens (including phenoxy) is 2. The topological polar surface area (TPSA) is 77.7 Å². The summed E-state index contributed by atoms with van der Waals surface area (Å²) in [5.74, 6) is 0.542. The maximum Gasteiger partial charge on any atom is 0.410 e. The van der Waals surface area contributed by atoms with Gasteiger partial charge < -0.3 is 14.0 Å². The van der Waals surface area contributed by atoms with E-state index in [1.165, 1.54) is 17.0 Å². The van der Waals surface area contributed by atoms with Gasteiger partial charge in [-0.15, -0.1) is 0 Å². The predicted octanol–water partition coefficient (Wildman–Crippen LogP) is 1.87. The van der Waals surface area contributed by atoms with Crippen molar-refractivity contribution in [2.24, 2.45) is 0 Å². The van der Waals surface area contributed by atoms with Crippen LogP contribution in [0.15, 0.2) is 28.8 Å². The summed E-state index contributed by atoms with van der Waals surface area (Å²) in [5.41, 5.74) is 0.329. The van der Waals surface area contributed by atoms with E-state index in [-0.39, 0.29) is 18.5 Å². The second-order valence-corrected chi connectivity index (χ2v) is 5.94. The fourth-order valence-corrected chi connectivity index (χ4v) is 3.11. The number of halogens is 1. The smallest absolute Gasteiger partial charge is 0.410 e. The molecule has 2 aromatic rings. The van der Waals surface area contributed by atoms with Crippen LogP contribution in [0.3, 0.4) is 0 Å². The van der Waals surface area contributed by atoms with Crippen LogP contribution in [0.25, 0.3) is 0 Å². The molecule has 2 fully saturated rings. The molecule has 3 heterocycles. The van der Waals surface area contributed by atoms with Gasteiger partial charge in [-0.2, -0.15) is 4.98 Å². The lowest BCUT2D eigenvalue weighted by Gasteiger charge is -2.23. The third-order valence-corrected chi connectivity index (χ3v) is 4.49. The minimum absolute atomic E-state index is 0.214. The van der Waals surface area contributed by atoms with Gasteiger partial charge in [0.1, 0.15) is 19.0 Å². The van der Waals surface area contributed by atoms with Crippen molar-refractivity contribution in [1.82, 2.24) is 15.0 Å². The molecule has 1 atom stereocenters. The summed E-state index contributed by atoms with van der Waals surface area (Å²) >= 11 is 0. The van der Waals surface area contributed by atoms with Crippen molar-refractivity contribution in [2.45, 2.75) is 18.4 Å². The summed E-state index contributed by atoms with van der Waals surface area (Å²) < 4.78 is 29.0. The van der Waals surface area contributed by atoms with Crippen molar-refractivity contribution < 1.29 is 23.2 Å². The molecule has 2 aliphatic heterocycles. The van der Waals surface area contributed by atoms with Gasteiger partial charge in [0.05, 0.1) is 18.6 Å². The summed E-state index contributed by atoms with van der Waals surface area (Å²) in [6, 6.07) is 6.27. The first-order valence-corrected chi connectivity index (χ1v) is 7.76. The second kappa shape index (κ2) is 5.86. The third kappa shape index (κ3) is 2.52. The maximum absolute atomic E-state index is 13.2. The second-order valence-electron chi connectivity index (χ2n) is 5.94. The molecule has 0 unspecified atom stereocenters. The molecule has 0 aliphatic carbocycles. The Balaban J connectivity index is 1.62. The van der Waals surface area contributed by atoms with Crippen molar-refractivity contribution in [1.29, 1.82) is 0 Å². The fourth-order valence-electron chi connectivity index (χ4n) is 3.11. The Bertz CT molecular complexity index is 740. The molecule has 0 radical (unpaired) electrons. The van der Waals surface area contributed by atoms with Crippen LogP contribution in [0, 0.1) is 5.82 Å². The van der Waals surface area contributed by atoms with E-state index in [1.54, 1.807) is 12.1 Å². The van der Waals surface area contributed by atoms with E-state index < -0.39 is 5.41 Å². The monoisotopic (exact) mass is 333 g/mol. The molecule has 2 saturated heterocycles. The Kier molecular flexibility index (Phi) is 3.68. The van der Waals surface area contributed by atoms with Crippen LogP contribution in [0.4, 0.5) is 9.18 Å². The molecule has 2 aliphatic rings. The van der Waals surface area contributed by atoms with E-state index >= 15 is 0 Å². The van der Waals surface area contributed by atoms with Gasteiger partial charge in [-0.1, -0.05) is 17.3 Å². The maximum atomic E-state index is 13.2. The number of nitrogens with zero attached hydrogens (tertiary/aromatic N) is 3. The Morgan fingerprint density at radius 2 is 2.08 bits per heavy atom. The summed E-state index contributed by atoms with van der Waals surface area (Å²) in [6.07, 6.45) is 0.302. The number of cyclic esters (lactones) is 1. The van der Waals surface area contributed by atoms with E-state index in [0.717, 1.165) is 5.56 Å². The first kappa shape index (κ1) is 15.1. The van der Waals surface area contributed by atoms with Crippen molar-refractivity contribution in [3.63, 3.8) is 0 Å². The molecule has 24 heavy (non-hydrogen) atoms. The van der Waals surface area contributed by atoms with E-state index in [0.29, 0.717) is 44.5 Å². The molecule has 1 aromatic carbocycles. The summed E-state index contributed by atoms with van der Waals surface area (Å²) in [6.45, 7) is 2.06. The highest BCUT2D eigenvalue weighted by Crippen LogP contribution is 2.38. The highest BCUT2D eigenvalue weighted by molar-refractivity contribution is 5.69. The van der Waals surface area contributed by atoms with Crippen LogP contribution in [0.5, 0.6) is 0 Å². The minimum Gasteiger partial charge on any atom is -0.448 e. The van der Waals surface area contributed by atoms with Gasteiger partial charge in [0.25, 0.3) is 0 Å². The highest BCUT2D eigenvalue weighted by atomic mass is 19.1. The van der Waals surface area contributed by atoms with Gasteiger partial charge in [0.15, 0.2) is 5.82 Å². The van der Waals surface area contributed by atoms with Gasteiger partial charge in [0, 0.05) is 6.61 Å². The van der Waals surface area contributed by atoms with Crippen LogP contribution in [0.2, 0.25) is 0 Å². The lowest BCUT2D eigenvalue weighted by molar-refractivity contribution is 0.154. The number of benzene rings is 1.